The molecule has 1 saturated heterocycles. The van der Waals surface area contributed by atoms with Crippen LogP contribution in [0.3, 0.4) is 0 Å². The lowest BCUT2D eigenvalue weighted by Crippen LogP contribution is -2.36. The van der Waals surface area contributed by atoms with Crippen LogP contribution in [0.15, 0.2) is 42.5 Å². The summed E-state index contributed by atoms with van der Waals surface area (Å²) in [4.78, 5) is 40.4. The first-order valence-corrected chi connectivity index (χ1v) is 9.65. The fourth-order valence-corrected chi connectivity index (χ4v) is 4.12. The van der Waals surface area contributed by atoms with Crippen LogP contribution in [0.4, 0.5) is 5.69 Å². The summed E-state index contributed by atoms with van der Waals surface area (Å²) in [5, 5.41) is 0. The molecule has 2 aromatic carbocycles. The van der Waals surface area contributed by atoms with Gasteiger partial charge in [-0.15, -0.1) is 0 Å². The van der Waals surface area contributed by atoms with Crippen molar-refractivity contribution in [2.45, 2.75) is 32.2 Å². The molecule has 6 heteroatoms. The third kappa shape index (κ3) is 3.38. The van der Waals surface area contributed by atoms with Crippen LogP contribution in [0.5, 0.6) is 0 Å². The summed E-state index contributed by atoms with van der Waals surface area (Å²) < 4.78 is 0. The highest BCUT2D eigenvalue weighted by Crippen LogP contribution is 2.31. The fourth-order valence-electron chi connectivity index (χ4n) is 4.12. The SMILES string of the molecule is NC(=O)c1cccc2c1CCCN2C(=O)c1cccc(CN2CCCC2=O)c1. The largest absolute Gasteiger partial charge is 0.366 e. The summed E-state index contributed by atoms with van der Waals surface area (Å²) in [6.07, 6.45) is 3.01. The maximum Gasteiger partial charge on any atom is 0.258 e. The van der Waals surface area contributed by atoms with Crippen molar-refractivity contribution in [3.63, 3.8) is 0 Å². The van der Waals surface area contributed by atoms with Gasteiger partial charge in [0.25, 0.3) is 5.91 Å². The number of carbonyl (C=O) groups excluding carboxylic acids is 3. The zero-order valence-corrected chi connectivity index (χ0v) is 15.7. The van der Waals surface area contributed by atoms with Crippen molar-refractivity contribution in [2.24, 2.45) is 5.73 Å². The molecule has 144 valence electrons. The van der Waals surface area contributed by atoms with Crippen molar-refractivity contribution in [3.8, 4) is 0 Å². The van der Waals surface area contributed by atoms with Crippen LogP contribution < -0.4 is 10.6 Å². The van der Waals surface area contributed by atoms with E-state index >= 15 is 0 Å². The molecule has 0 aromatic heterocycles. The monoisotopic (exact) mass is 377 g/mol. The average Bonchev–Trinajstić information content (AvgIpc) is 3.11. The van der Waals surface area contributed by atoms with Crippen LogP contribution >= 0.6 is 0 Å². The molecule has 4 rings (SSSR count). The summed E-state index contributed by atoms with van der Waals surface area (Å²) >= 11 is 0. The van der Waals surface area contributed by atoms with Gasteiger partial charge in [0.15, 0.2) is 0 Å². The summed E-state index contributed by atoms with van der Waals surface area (Å²) in [5.74, 6) is -0.402. The topological polar surface area (TPSA) is 83.7 Å². The van der Waals surface area contributed by atoms with Crippen LogP contribution in [0, 0.1) is 0 Å². The number of benzene rings is 2. The molecule has 0 unspecified atom stereocenters. The summed E-state index contributed by atoms with van der Waals surface area (Å²) in [6.45, 7) is 1.90. The Hall–Kier alpha value is -3.15. The highest BCUT2D eigenvalue weighted by molar-refractivity contribution is 6.08. The summed E-state index contributed by atoms with van der Waals surface area (Å²) in [5.41, 5.74) is 9.12. The first-order chi connectivity index (χ1) is 13.5. The number of amides is 3. The average molecular weight is 377 g/mol. The molecule has 0 spiro atoms. The zero-order valence-electron chi connectivity index (χ0n) is 15.7. The molecule has 0 atom stereocenters. The number of nitrogens with two attached hydrogens (primary N) is 1. The Kier molecular flexibility index (Phi) is 4.86. The van der Waals surface area contributed by atoms with E-state index in [1.807, 2.05) is 29.2 Å². The number of hydrogen-bond donors (Lipinski definition) is 1. The second-order valence-corrected chi connectivity index (χ2v) is 7.35. The molecule has 1 fully saturated rings. The Morgan fingerprint density at radius 2 is 1.79 bits per heavy atom. The number of rotatable bonds is 4. The highest BCUT2D eigenvalue weighted by Gasteiger charge is 2.27. The lowest BCUT2D eigenvalue weighted by Gasteiger charge is -2.30. The van der Waals surface area contributed by atoms with Gasteiger partial charge in [-0.25, -0.2) is 0 Å². The van der Waals surface area contributed by atoms with E-state index in [4.69, 9.17) is 5.73 Å². The molecule has 2 aromatic rings. The van der Waals surface area contributed by atoms with E-state index in [2.05, 4.69) is 0 Å². The van der Waals surface area contributed by atoms with Crippen LogP contribution in [-0.4, -0.2) is 35.7 Å². The number of carbonyl (C=O) groups is 3. The third-order valence-corrected chi connectivity index (χ3v) is 5.48. The third-order valence-electron chi connectivity index (χ3n) is 5.48. The molecule has 0 saturated carbocycles. The predicted molar refractivity (Wildman–Crippen MR) is 106 cm³/mol. The first-order valence-electron chi connectivity index (χ1n) is 9.65. The number of fused-ring (bicyclic) bond motifs is 1. The van der Waals surface area contributed by atoms with E-state index in [0.717, 1.165) is 42.6 Å². The van der Waals surface area contributed by atoms with E-state index in [1.165, 1.54) is 0 Å². The van der Waals surface area contributed by atoms with Gasteiger partial charge < -0.3 is 15.5 Å². The fraction of sp³-hybridized carbons (Fsp3) is 0.318. The molecule has 2 aliphatic heterocycles. The van der Waals surface area contributed by atoms with Crippen molar-refractivity contribution in [1.29, 1.82) is 0 Å². The van der Waals surface area contributed by atoms with Crippen LogP contribution in [0.2, 0.25) is 0 Å². The van der Waals surface area contributed by atoms with Gasteiger partial charge in [0, 0.05) is 42.9 Å². The van der Waals surface area contributed by atoms with Crippen LogP contribution in [0.25, 0.3) is 0 Å². The Morgan fingerprint density at radius 1 is 1.00 bits per heavy atom. The maximum atomic E-state index is 13.2. The van der Waals surface area contributed by atoms with Crippen molar-refractivity contribution >= 4 is 23.4 Å². The maximum absolute atomic E-state index is 13.2. The number of primary amides is 1. The Morgan fingerprint density at radius 3 is 2.54 bits per heavy atom. The van der Waals surface area contributed by atoms with Crippen molar-refractivity contribution in [1.82, 2.24) is 4.90 Å². The van der Waals surface area contributed by atoms with Gasteiger partial charge in [-0.05, 0) is 54.7 Å². The van der Waals surface area contributed by atoms with E-state index < -0.39 is 5.91 Å². The van der Waals surface area contributed by atoms with Gasteiger partial charge in [-0.3, -0.25) is 14.4 Å². The first kappa shape index (κ1) is 18.2. The molecular formula is C22H23N3O3. The molecule has 0 aliphatic carbocycles. The van der Waals surface area contributed by atoms with Gasteiger partial charge in [-0.1, -0.05) is 18.2 Å². The Bertz CT molecular complexity index is 954. The number of hydrogen-bond acceptors (Lipinski definition) is 3. The lowest BCUT2D eigenvalue weighted by molar-refractivity contribution is -0.128. The van der Waals surface area contributed by atoms with Crippen molar-refractivity contribution in [3.05, 3.63) is 64.7 Å². The van der Waals surface area contributed by atoms with Gasteiger partial charge in [0.05, 0.1) is 0 Å². The summed E-state index contributed by atoms with van der Waals surface area (Å²) in [6, 6.07) is 12.8. The predicted octanol–water partition coefficient (Wildman–Crippen LogP) is 2.50. The quantitative estimate of drug-likeness (QED) is 0.889. The van der Waals surface area contributed by atoms with E-state index in [-0.39, 0.29) is 11.8 Å². The smallest absolute Gasteiger partial charge is 0.258 e. The second-order valence-electron chi connectivity index (χ2n) is 7.35. The Balaban J connectivity index is 1.61. The normalized spacial score (nSPS) is 16.2. The number of anilines is 1. The molecule has 0 radical (unpaired) electrons. The van der Waals surface area contributed by atoms with Gasteiger partial charge in [-0.2, -0.15) is 0 Å². The lowest BCUT2D eigenvalue weighted by atomic mass is 9.95. The molecule has 6 nitrogen and oxygen atoms in total. The minimum atomic E-state index is -0.469. The van der Waals surface area contributed by atoms with Crippen LogP contribution in [0.1, 0.15) is 51.1 Å². The van der Waals surface area contributed by atoms with E-state index in [9.17, 15) is 14.4 Å². The standard InChI is InChI=1S/C22H23N3O3/c23-21(27)18-7-2-9-19-17(18)8-3-12-25(19)22(28)16-6-1-5-15(13-16)14-24-11-4-10-20(24)26/h1-2,5-7,9,13H,3-4,8,10-12,14H2,(H2,23,27). The van der Waals surface area contributed by atoms with Crippen molar-refractivity contribution in [2.75, 3.05) is 18.0 Å². The molecule has 2 aliphatic rings. The molecular weight excluding hydrogens is 354 g/mol. The van der Waals surface area contributed by atoms with Crippen molar-refractivity contribution < 1.29 is 14.4 Å². The minimum absolute atomic E-state index is 0.0998. The van der Waals surface area contributed by atoms with Gasteiger partial charge >= 0.3 is 0 Å². The van der Waals surface area contributed by atoms with Gasteiger partial charge in [0.2, 0.25) is 11.8 Å². The van der Waals surface area contributed by atoms with E-state index in [0.29, 0.717) is 30.6 Å². The summed E-state index contributed by atoms with van der Waals surface area (Å²) in [7, 11) is 0. The Labute approximate surface area is 163 Å². The molecule has 2 heterocycles. The molecule has 2 N–H and O–H groups in total. The molecule has 28 heavy (non-hydrogen) atoms. The minimum Gasteiger partial charge on any atom is -0.366 e. The van der Waals surface area contributed by atoms with Crippen LogP contribution in [-0.2, 0) is 17.8 Å². The van der Waals surface area contributed by atoms with Gasteiger partial charge in [0.1, 0.15) is 0 Å². The number of likely N-dealkylation sites (tertiary alicyclic amines) is 1. The second kappa shape index (κ2) is 7.46. The zero-order chi connectivity index (χ0) is 19.7. The van der Waals surface area contributed by atoms with E-state index in [1.54, 1.807) is 23.1 Å². The molecule has 3 amide bonds. The molecule has 0 bridgehead atoms. The highest BCUT2D eigenvalue weighted by atomic mass is 16.2. The number of nitrogens with zero attached hydrogens (tertiary/aromatic N) is 2.